The second-order valence-corrected chi connectivity index (χ2v) is 8.95. The molecule has 8 heteroatoms. The summed E-state index contributed by atoms with van der Waals surface area (Å²) in [7, 11) is 3.16. The van der Waals surface area contributed by atoms with Crippen LogP contribution in [0.4, 0.5) is 5.13 Å². The number of nitrogens with zero attached hydrogens (tertiary/aromatic N) is 3. The van der Waals surface area contributed by atoms with Crippen molar-refractivity contribution in [3.8, 4) is 11.5 Å². The lowest BCUT2D eigenvalue weighted by Crippen LogP contribution is -2.43. The van der Waals surface area contributed by atoms with Gasteiger partial charge in [0.2, 0.25) is 0 Å². The SMILES string of the molecule is COc1cc(OC)cc(C(=O)N(CCN2CCOCC2)c2nc3c(C)cc(C)cc3s2)c1. The first-order chi connectivity index (χ1) is 15.5. The van der Waals surface area contributed by atoms with Crippen LogP contribution < -0.4 is 14.4 Å². The van der Waals surface area contributed by atoms with Gasteiger partial charge in [0.1, 0.15) is 11.5 Å². The minimum atomic E-state index is -0.121. The Bertz CT molecular complexity index is 1090. The molecule has 1 saturated heterocycles. The number of morpholine rings is 1. The molecule has 2 heterocycles. The Morgan fingerprint density at radius 1 is 1.09 bits per heavy atom. The maximum atomic E-state index is 13.7. The number of aromatic nitrogens is 1. The summed E-state index contributed by atoms with van der Waals surface area (Å²) in [6.45, 7) is 8.61. The van der Waals surface area contributed by atoms with Gasteiger partial charge in [-0.2, -0.15) is 0 Å². The summed E-state index contributed by atoms with van der Waals surface area (Å²) in [4.78, 5) is 22.7. The Hall–Kier alpha value is -2.68. The number of amides is 1. The van der Waals surface area contributed by atoms with Crippen LogP contribution in [-0.4, -0.2) is 69.4 Å². The molecule has 0 unspecified atom stereocenters. The Morgan fingerprint density at radius 2 is 1.78 bits per heavy atom. The first-order valence-electron chi connectivity index (χ1n) is 10.7. The van der Waals surface area contributed by atoms with E-state index in [1.54, 1.807) is 48.7 Å². The third-order valence-corrected chi connectivity index (χ3v) is 6.66. The number of carbonyl (C=O) groups is 1. The quantitative estimate of drug-likeness (QED) is 0.538. The van der Waals surface area contributed by atoms with Crippen molar-refractivity contribution in [1.82, 2.24) is 9.88 Å². The van der Waals surface area contributed by atoms with Crippen LogP contribution in [0.2, 0.25) is 0 Å². The van der Waals surface area contributed by atoms with Crippen LogP contribution in [0, 0.1) is 13.8 Å². The number of hydrogen-bond acceptors (Lipinski definition) is 7. The fourth-order valence-corrected chi connectivity index (χ4v) is 5.08. The third-order valence-electron chi connectivity index (χ3n) is 5.64. The highest BCUT2D eigenvalue weighted by atomic mass is 32.1. The van der Waals surface area contributed by atoms with Crippen LogP contribution in [0.5, 0.6) is 11.5 Å². The first-order valence-corrected chi connectivity index (χ1v) is 11.5. The lowest BCUT2D eigenvalue weighted by molar-refractivity contribution is 0.0391. The minimum absolute atomic E-state index is 0.121. The van der Waals surface area contributed by atoms with Crippen LogP contribution >= 0.6 is 11.3 Å². The van der Waals surface area contributed by atoms with E-state index in [0.29, 0.717) is 28.7 Å². The molecule has 3 aromatic rings. The summed E-state index contributed by atoms with van der Waals surface area (Å²) < 4.78 is 17.3. The number of fused-ring (bicyclic) bond motifs is 1. The van der Waals surface area contributed by atoms with Gasteiger partial charge in [0, 0.05) is 37.8 Å². The van der Waals surface area contributed by atoms with Gasteiger partial charge in [-0.3, -0.25) is 14.6 Å². The average molecular weight is 456 g/mol. The Balaban J connectivity index is 1.70. The lowest BCUT2D eigenvalue weighted by Gasteiger charge is -2.29. The molecule has 1 aliphatic rings. The third kappa shape index (κ3) is 4.87. The molecule has 7 nitrogen and oxygen atoms in total. The van der Waals surface area contributed by atoms with Crippen LogP contribution in [0.1, 0.15) is 21.5 Å². The molecule has 2 aromatic carbocycles. The number of carbonyl (C=O) groups excluding carboxylic acids is 1. The van der Waals surface area contributed by atoms with Gasteiger partial charge >= 0.3 is 0 Å². The van der Waals surface area contributed by atoms with E-state index in [2.05, 4.69) is 30.9 Å². The number of aryl methyl sites for hydroxylation is 2. The predicted octanol–water partition coefficient (Wildman–Crippen LogP) is 3.91. The number of benzene rings is 2. The van der Waals surface area contributed by atoms with Gasteiger partial charge in [-0.05, 0) is 43.2 Å². The Morgan fingerprint density at radius 3 is 2.44 bits per heavy atom. The summed E-state index contributed by atoms with van der Waals surface area (Å²) in [6, 6.07) is 9.50. The molecule has 1 amide bonds. The largest absolute Gasteiger partial charge is 0.497 e. The molecule has 0 atom stereocenters. The number of hydrogen-bond donors (Lipinski definition) is 0. The van der Waals surface area contributed by atoms with Gasteiger partial charge in [-0.1, -0.05) is 17.4 Å². The molecule has 0 bridgehead atoms. The smallest absolute Gasteiger partial charge is 0.260 e. The number of ether oxygens (including phenoxy) is 3. The fourth-order valence-electron chi connectivity index (χ4n) is 3.91. The molecular formula is C24H29N3O4S. The average Bonchev–Trinajstić information content (AvgIpc) is 3.23. The molecule has 1 fully saturated rings. The lowest BCUT2D eigenvalue weighted by atomic mass is 10.1. The van der Waals surface area contributed by atoms with E-state index >= 15 is 0 Å². The summed E-state index contributed by atoms with van der Waals surface area (Å²) in [5.41, 5.74) is 3.76. The molecule has 0 spiro atoms. The predicted molar refractivity (Wildman–Crippen MR) is 128 cm³/mol. The van der Waals surface area contributed by atoms with Crippen molar-refractivity contribution >= 4 is 32.6 Å². The Labute approximate surface area is 192 Å². The maximum Gasteiger partial charge on any atom is 0.260 e. The van der Waals surface area contributed by atoms with Gasteiger partial charge in [0.25, 0.3) is 5.91 Å². The van der Waals surface area contributed by atoms with E-state index in [0.717, 1.165) is 48.6 Å². The van der Waals surface area contributed by atoms with Crippen molar-refractivity contribution in [3.05, 3.63) is 47.0 Å². The van der Waals surface area contributed by atoms with Gasteiger partial charge in [0.15, 0.2) is 5.13 Å². The van der Waals surface area contributed by atoms with Crippen LogP contribution in [0.15, 0.2) is 30.3 Å². The van der Waals surface area contributed by atoms with E-state index in [9.17, 15) is 4.79 Å². The van der Waals surface area contributed by atoms with E-state index < -0.39 is 0 Å². The second kappa shape index (κ2) is 9.85. The summed E-state index contributed by atoms with van der Waals surface area (Å²) in [5, 5.41) is 0.703. The van der Waals surface area contributed by atoms with Gasteiger partial charge in [-0.15, -0.1) is 0 Å². The molecule has 1 aromatic heterocycles. The Kier molecular flexibility index (Phi) is 6.93. The van der Waals surface area contributed by atoms with E-state index in [1.807, 2.05) is 0 Å². The zero-order valence-corrected chi connectivity index (χ0v) is 19.8. The van der Waals surface area contributed by atoms with Crippen molar-refractivity contribution in [2.75, 3.05) is 58.5 Å². The zero-order chi connectivity index (χ0) is 22.7. The standard InChI is InChI=1S/C24H29N3O4S/c1-16-11-17(2)22-21(12-16)32-24(25-22)27(6-5-26-7-9-31-10-8-26)23(28)18-13-19(29-3)15-20(14-18)30-4/h11-15H,5-10H2,1-4H3. The number of anilines is 1. The summed E-state index contributed by atoms with van der Waals surface area (Å²) in [6.07, 6.45) is 0. The van der Waals surface area contributed by atoms with Crippen molar-refractivity contribution in [2.45, 2.75) is 13.8 Å². The second-order valence-electron chi connectivity index (χ2n) is 7.94. The highest BCUT2D eigenvalue weighted by molar-refractivity contribution is 7.22. The first kappa shape index (κ1) is 22.5. The van der Waals surface area contributed by atoms with E-state index in [4.69, 9.17) is 19.2 Å². The molecule has 0 radical (unpaired) electrons. The number of thiazole rings is 1. The van der Waals surface area contributed by atoms with Crippen molar-refractivity contribution in [1.29, 1.82) is 0 Å². The van der Waals surface area contributed by atoms with Crippen molar-refractivity contribution in [2.24, 2.45) is 0 Å². The van der Waals surface area contributed by atoms with Crippen molar-refractivity contribution in [3.63, 3.8) is 0 Å². The molecule has 1 aliphatic heterocycles. The van der Waals surface area contributed by atoms with Gasteiger partial charge < -0.3 is 14.2 Å². The van der Waals surface area contributed by atoms with Crippen molar-refractivity contribution < 1.29 is 19.0 Å². The topological polar surface area (TPSA) is 64.1 Å². The van der Waals surface area contributed by atoms with Gasteiger partial charge in [0.05, 0.1) is 37.6 Å². The summed E-state index contributed by atoms with van der Waals surface area (Å²) in [5.74, 6) is 1.04. The number of rotatable bonds is 7. The zero-order valence-electron chi connectivity index (χ0n) is 19.0. The van der Waals surface area contributed by atoms with Crippen LogP contribution in [-0.2, 0) is 4.74 Å². The molecule has 170 valence electrons. The molecule has 32 heavy (non-hydrogen) atoms. The fraction of sp³-hybridized carbons (Fsp3) is 0.417. The molecular weight excluding hydrogens is 426 g/mol. The van der Waals surface area contributed by atoms with Crippen LogP contribution in [0.25, 0.3) is 10.2 Å². The normalized spacial score (nSPS) is 14.5. The van der Waals surface area contributed by atoms with E-state index in [1.165, 1.54) is 5.56 Å². The van der Waals surface area contributed by atoms with E-state index in [-0.39, 0.29) is 5.91 Å². The highest BCUT2D eigenvalue weighted by Crippen LogP contribution is 2.33. The van der Waals surface area contributed by atoms with Crippen LogP contribution in [0.3, 0.4) is 0 Å². The highest BCUT2D eigenvalue weighted by Gasteiger charge is 2.24. The molecule has 0 aliphatic carbocycles. The maximum absolute atomic E-state index is 13.7. The molecule has 0 saturated carbocycles. The summed E-state index contributed by atoms with van der Waals surface area (Å²) >= 11 is 1.55. The van der Waals surface area contributed by atoms with Gasteiger partial charge in [-0.25, -0.2) is 4.98 Å². The minimum Gasteiger partial charge on any atom is -0.497 e. The number of methoxy groups -OCH3 is 2. The molecule has 0 N–H and O–H groups in total. The monoisotopic (exact) mass is 455 g/mol. The molecule has 4 rings (SSSR count).